The van der Waals surface area contributed by atoms with Gasteiger partial charge in [-0.25, -0.2) is 0 Å². The van der Waals surface area contributed by atoms with Crippen molar-refractivity contribution in [1.82, 2.24) is 9.97 Å². The monoisotopic (exact) mass is 213 g/mol. The van der Waals surface area contributed by atoms with E-state index in [4.69, 9.17) is 11.5 Å². The third kappa shape index (κ3) is 3.29. The molecule has 6 heteroatoms. The number of hydrogen-bond donors (Lipinski definition) is 3. The van der Waals surface area contributed by atoms with Crippen molar-refractivity contribution >= 4 is 29.3 Å². The SMILES string of the molecule is CSC(C)CNc1cc(N)nc(N)n1. The highest BCUT2D eigenvalue weighted by atomic mass is 32.2. The molecule has 14 heavy (non-hydrogen) atoms. The van der Waals surface area contributed by atoms with Crippen LogP contribution in [0, 0.1) is 0 Å². The van der Waals surface area contributed by atoms with Crippen LogP contribution >= 0.6 is 11.8 Å². The summed E-state index contributed by atoms with van der Waals surface area (Å²) in [5.41, 5.74) is 11.0. The second-order valence-corrected chi connectivity index (χ2v) is 4.24. The van der Waals surface area contributed by atoms with E-state index in [1.54, 1.807) is 17.8 Å². The minimum Gasteiger partial charge on any atom is -0.383 e. The molecular formula is C8H15N5S. The maximum absolute atomic E-state index is 5.52. The summed E-state index contributed by atoms with van der Waals surface area (Å²) in [5.74, 6) is 1.26. The molecule has 5 nitrogen and oxygen atoms in total. The van der Waals surface area contributed by atoms with Crippen molar-refractivity contribution in [3.8, 4) is 0 Å². The predicted octanol–water partition coefficient (Wildman–Crippen LogP) is 0.804. The quantitative estimate of drug-likeness (QED) is 0.685. The summed E-state index contributed by atoms with van der Waals surface area (Å²) in [4.78, 5) is 7.79. The Morgan fingerprint density at radius 2 is 2.21 bits per heavy atom. The van der Waals surface area contributed by atoms with E-state index in [2.05, 4.69) is 28.5 Å². The van der Waals surface area contributed by atoms with Crippen molar-refractivity contribution in [3.63, 3.8) is 0 Å². The Bertz CT molecular complexity index is 284. The van der Waals surface area contributed by atoms with Gasteiger partial charge in [0, 0.05) is 17.9 Å². The number of hydrogen-bond acceptors (Lipinski definition) is 6. The largest absolute Gasteiger partial charge is 0.383 e. The van der Waals surface area contributed by atoms with E-state index in [0.29, 0.717) is 16.9 Å². The van der Waals surface area contributed by atoms with E-state index in [0.717, 1.165) is 6.54 Å². The lowest BCUT2D eigenvalue weighted by atomic mass is 10.4. The minimum atomic E-state index is 0.198. The van der Waals surface area contributed by atoms with Crippen LogP contribution in [0.1, 0.15) is 6.92 Å². The summed E-state index contributed by atoms with van der Waals surface area (Å²) in [6.45, 7) is 2.96. The first-order valence-corrected chi connectivity index (χ1v) is 5.57. The summed E-state index contributed by atoms with van der Waals surface area (Å²) >= 11 is 1.78. The molecule has 0 fully saturated rings. The number of aromatic nitrogens is 2. The predicted molar refractivity (Wildman–Crippen MR) is 62.3 cm³/mol. The smallest absolute Gasteiger partial charge is 0.223 e. The molecular weight excluding hydrogens is 198 g/mol. The summed E-state index contributed by atoms with van der Waals surface area (Å²) in [7, 11) is 0. The van der Waals surface area contributed by atoms with Crippen LogP contribution < -0.4 is 16.8 Å². The number of thioether (sulfide) groups is 1. The van der Waals surface area contributed by atoms with Crippen LogP contribution in [0.25, 0.3) is 0 Å². The molecule has 0 spiro atoms. The molecule has 1 aromatic heterocycles. The first-order chi connectivity index (χ1) is 6.61. The number of anilines is 3. The lowest BCUT2D eigenvalue weighted by Crippen LogP contribution is -2.14. The molecule has 0 bridgehead atoms. The third-order valence-electron chi connectivity index (χ3n) is 1.74. The fourth-order valence-corrected chi connectivity index (χ4v) is 1.16. The fourth-order valence-electron chi connectivity index (χ4n) is 0.907. The number of rotatable bonds is 4. The Morgan fingerprint density at radius 1 is 1.50 bits per heavy atom. The van der Waals surface area contributed by atoms with Crippen molar-refractivity contribution in [2.75, 3.05) is 29.6 Å². The zero-order valence-electron chi connectivity index (χ0n) is 8.32. The van der Waals surface area contributed by atoms with Crippen molar-refractivity contribution in [3.05, 3.63) is 6.07 Å². The fraction of sp³-hybridized carbons (Fsp3) is 0.500. The van der Waals surface area contributed by atoms with Crippen molar-refractivity contribution in [1.29, 1.82) is 0 Å². The van der Waals surface area contributed by atoms with E-state index >= 15 is 0 Å². The standard InChI is InChI=1S/C8H15N5S/c1-5(14-2)4-11-7-3-6(9)12-8(10)13-7/h3,5H,4H2,1-2H3,(H5,9,10,11,12,13). The molecule has 0 aliphatic carbocycles. The highest BCUT2D eigenvalue weighted by Gasteiger charge is 2.02. The summed E-state index contributed by atoms with van der Waals surface area (Å²) in [6.07, 6.45) is 2.06. The van der Waals surface area contributed by atoms with Gasteiger partial charge < -0.3 is 16.8 Å². The molecule has 1 heterocycles. The topological polar surface area (TPSA) is 89.8 Å². The zero-order chi connectivity index (χ0) is 10.6. The van der Waals surface area contributed by atoms with Crippen LogP contribution in [0.3, 0.4) is 0 Å². The van der Waals surface area contributed by atoms with Gasteiger partial charge in [-0.3, -0.25) is 0 Å². The minimum absolute atomic E-state index is 0.198. The van der Waals surface area contributed by atoms with E-state index in [9.17, 15) is 0 Å². The Labute approximate surface area is 87.7 Å². The normalized spacial score (nSPS) is 12.4. The maximum Gasteiger partial charge on any atom is 0.223 e. The zero-order valence-corrected chi connectivity index (χ0v) is 9.14. The lowest BCUT2D eigenvalue weighted by molar-refractivity contribution is 0.988. The molecule has 1 aromatic rings. The van der Waals surface area contributed by atoms with Gasteiger partial charge in [-0.15, -0.1) is 0 Å². The Hall–Kier alpha value is -1.17. The molecule has 1 rings (SSSR count). The second kappa shape index (κ2) is 4.90. The first-order valence-electron chi connectivity index (χ1n) is 4.28. The van der Waals surface area contributed by atoms with Crippen LogP contribution in [0.2, 0.25) is 0 Å². The Morgan fingerprint density at radius 3 is 2.79 bits per heavy atom. The lowest BCUT2D eigenvalue weighted by Gasteiger charge is -2.10. The van der Waals surface area contributed by atoms with Gasteiger partial charge in [-0.05, 0) is 6.26 Å². The average Bonchev–Trinajstić information content (AvgIpc) is 2.12. The van der Waals surface area contributed by atoms with Crippen LogP contribution in [-0.2, 0) is 0 Å². The van der Waals surface area contributed by atoms with Gasteiger partial charge in [-0.2, -0.15) is 21.7 Å². The van der Waals surface area contributed by atoms with Crippen LogP contribution in [0.5, 0.6) is 0 Å². The second-order valence-electron chi connectivity index (χ2n) is 2.96. The molecule has 0 aliphatic heterocycles. The molecule has 1 atom stereocenters. The number of nitrogens with zero attached hydrogens (tertiary/aromatic N) is 2. The molecule has 0 saturated carbocycles. The van der Waals surface area contributed by atoms with E-state index < -0.39 is 0 Å². The molecule has 0 aliphatic rings. The van der Waals surface area contributed by atoms with Crippen molar-refractivity contribution in [2.24, 2.45) is 0 Å². The molecule has 0 aromatic carbocycles. The van der Waals surface area contributed by atoms with E-state index in [-0.39, 0.29) is 5.95 Å². The first kappa shape index (κ1) is 10.9. The highest BCUT2D eigenvalue weighted by molar-refractivity contribution is 7.99. The molecule has 78 valence electrons. The van der Waals surface area contributed by atoms with Gasteiger partial charge in [0.25, 0.3) is 0 Å². The van der Waals surface area contributed by atoms with Gasteiger partial charge in [-0.1, -0.05) is 6.92 Å². The van der Waals surface area contributed by atoms with Crippen molar-refractivity contribution < 1.29 is 0 Å². The summed E-state index contributed by atoms with van der Waals surface area (Å²) in [6, 6.07) is 1.67. The third-order valence-corrected chi connectivity index (χ3v) is 2.71. The van der Waals surface area contributed by atoms with Gasteiger partial charge in [0.1, 0.15) is 11.6 Å². The highest BCUT2D eigenvalue weighted by Crippen LogP contribution is 2.11. The van der Waals surface area contributed by atoms with Gasteiger partial charge in [0.05, 0.1) is 0 Å². The summed E-state index contributed by atoms with van der Waals surface area (Å²) in [5, 5.41) is 3.67. The van der Waals surface area contributed by atoms with Gasteiger partial charge >= 0.3 is 0 Å². The number of nitrogen functional groups attached to an aromatic ring is 2. The van der Waals surface area contributed by atoms with E-state index in [1.165, 1.54) is 0 Å². The van der Waals surface area contributed by atoms with Crippen LogP contribution in [0.15, 0.2) is 6.07 Å². The molecule has 0 radical (unpaired) electrons. The molecule has 1 unspecified atom stereocenters. The van der Waals surface area contributed by atoms with Gasteiger partial charge in [0.15, 0.2) is 0 Å². The Kier molecular flexibility index (Phi) is 3.82. The van der Waals surface area contributed by atoms with E-state index in [1.807, 2.05) is 0 Å². The Balaban J connectivity index is 2.58. The van der Waals surface area contributed by atoms with Crippen LogP contribution in [-0.4, -0.2) is 28.0 Å². The summed E-state index contributed by atoms with van der Waals surface area (Å²) < 4.78 is 0. The van der Waals surface area contributed by atoms with Crippen molar-refractivity contribution in [2.45, 2.75) is 12.2 Å². The molecule has 5 N–H and O–H groups in total. The number of nitrogens with one attached hydrogen (secondary N) is 1. The maximum atomic E-state index is 5.52. The molecule has 0 amide bonds. The molecule has 0 saturated heterocycles. The van der Waals surface area contributed by atoms with Crippen LogP contribution in [0.4, 0.5) is 17.6 Å². The van der Waals surface area contributed by atoms with Gasteiger partial charge in [0.2, 0.25) is 5.95 Å². The average molecular weight is 213 g/mol. The number of nitrogens with two attached hydrogens (primary N) is 2.